The highest BCUT2D eigenvalue weighted by Crippen LogP contribution is 2.15. The van der Waals surface area contributed by atoms with Crippen molar-refractivity contribution in [2.24, 2.45) is 0 Å². The highest BCUT2D eigenvalue weighted by Gasteiger charge is 1.97. The number of aliphatic hydroxyl groups excluding tert-OH is 2. The predicted octanol–water partition coefficient (Wildman–Crippen LogP) is 2.14. The van der Waals surface area contributed by atoms with Crippen molar-refractivity contribution in [3.63, 3.8) is 0 Å². The van der Waals surface area contributed by atoms with Crippen LogP contribution >= 0.6 is 0 Å². The standard InChI is InChI=1S/C10H14.2CH4O/c1-7-5-6-8(2)10(4)9(7)3;2*1-2/h5-6H,1-4H3;2*2H,1H3. The minimum atomic E-state index is 1.00. The molecule has 1 rings (SSSR count). The number of hydrogen-bond donors (Lipinski definition) is 2. The van der Waals surface area contributed by atoms with Gasteiger partial charge in [0.15, 0.2) is 0 Å². The van der Waals surface area contributed by atoms with E-state index in [1.807, 2.05) is 0 Å². The van der Waals surface area contributed by atoms with Gasteiger partial charge in [0.1, 0.15) is 0 Å². The Labute approximate surface area is 87.2 Å². The first kappa shape index (κ1) is 15.6. The second-order valence-electron chi connectivity index (χ2n) is 2.95. The van der Waals surface area contributed by atoms with E-state index in [4.69, 9.17) is 10.2 Å². The lowest BCUT2D eigenvalue weighted by molar-refractivity contribution is 0.399. The van der Waals surface area contributed by atoms with Crippen molar-refractivity contribution in [1.82, 2.24) is 0 Å². The zero-order chi connectivity index (χ0) is 11.7. The Kier molecular flexibility index (Phi) is 9.73. The summed E-state index contributed by atoms with van der Waals surface area (Å²) in [6.07, 6.45) is 0. The van der Waals surface area contributed by atoms with Crippen LogP contribution in [0.5, 0.6) is 0 Å². The lowest BCUT2D eigenvalue weighted by Crippen LogP contribution is -1.88. The van der Waals surface area contributed by atoms with E-state index in [0.29, 0.717) is 0 Å². The summed E-state index contributed by atoms with van der Waals surface area (Å²) < 4.78 is 0. The van der Waals surface area contributed by atoms with Crippen molar-refractivity contribution in [3.8, 4) is 0 Å². The van der Waals surface area contributed by atoms with Gasteiger partial charge in [0, 0.05) is 14.2 Å². The molecule has 0 bridgehead atoms. The number of benzene rings is 1. The molecule has 0 amide bonds. The van der Waals surface area contributed by atoms with Crippen LogP contribution in [0.4, 0.5) is 0 Å². The van der Waals surface area contributed by atoms with Crippen molar-refractivity contribution < 1.29 is 10.2 Å². The van der Waals surface area contributed by atoms with E-state index in [-0.39, 0.29) is 0 Å². The minimum absolute atomic E-state index is 1.00. The molecule has 0 aromatic heterocycles. The molecule has 0 spiro atoms. The van der Waals surface area contributed by atoms with E-state index in [1.165, 1.54) is 22.3 Å². The Morgan fingerprint density at radius 3 is 1.07 bits per heavy atom. The van der Waals surface area contributed by atoms with Crippen LogP contribution in [-0.4, -0.2) is 24.4 Å². The number of hydrogen-bond acceptors (Lipinski definition) is 2. The summed E-state index contributed by atoms with van der Waals surface area (Å²) in [5.41, 5.74) is 5.64. The zero-order valence-electron chi connectivity index (χ0n) is 10.0. The summed E-state index contributed by atoms with van der Waals surface area (Å²) in [5, 5.41) is 14.0. The fourth-order valence-corrected chi connectivity index (χ4v) is 1.09. The molecule has 2 N–H and O–H groups in total. The zero-order valence-corrected chi connectivity index (χ0v) is 10.0. The SMILES string of the molecule is CO.CO.Cc1ccc(C)c(C)c1C. The molecular formula is C12H22O2. The second-order valence-corrected chi connectivity index (χ2v) is 2.95. The Morgan fingerprint density at radius 2 is 0.857 bits per heavy atom. The van der Waals surface area contributed by atoms with Gasteiger partial charge in [0.05, 0.1) is 0 Å². The fourth-order valence-electron chi connectivity index (χ4n) is 1.09. The van der Waals surface area contributed by atoms with E-state index in [0.717, 1.165) is 14.2 Å². The van der Waals surface area contributed by atoms with Crippen molar-refractivity contribution in [2.75, 3.05) is 14.2 Å². The van der Waals surface area contributed by atoms with Crippen LogP contribution in [-0.2, 0) is 0 Å². The van der Waals surface area contributed by atoms with Gasteiger partial charge in [-0.1, -0.05) is 12.1 Å². The molecular weight excluding hydrogens is 176 g/mol. The smallest absolute Gasteiger partial charge is 0.0319 e. The molecule has 0 aliphatic carbocycles. The number of aliphatic hydroxyl groups is 2. The van der Waals surface area contributed by atoms with Gasteiger partial charge >= 0.3 is 0 Å². The summed E-state index contributed by atoms with van der Waals surface area (Å²) in [6.45, 7) is 8.67. The Bertz CT molecular complexity index is 228. The van der Waals surface area contributed by atoms with Crippen LogP contribution in [0.15, 0.2) is 12.1 Å². The Balaban J connectivity index is 0. The average Bonchev–Trinajstić information content (AvgIpc) is 2.26. The molecule has 14 heavy (non-hydrogen) atoms. The predicted molar refractivity (Wildman–Crippen MR) is 61.7 cm³/mol. The largest absolute Gasteiger partial charge is 0.400 e. The van der Waals surface area contributed by atoms with Gasteiger partial charge in [0.25, 0.3) is 0 Å². The van der Waals surface area contributed by atoms with Gasteiger partial charge in [-0.2, -0.15) is 0 Å². The maximum Gasteiger partial charge on any atom is 0.0319 e. The number of rotatable bonds is 0. The molecule has 0 radical (unpaired) electrons. The topological polar surface area (TPSA) is 40.5 Å². The highest BCUT2D eigenvalue weighted by molar-refractivity contribution is 5.37. The van der Waals surface area contributed by atoms with Gasteiger partial charge in [-0.05, 0) is 49.9 Å². The molecule has 0 atom stereocenters. The molecule has 0 aliphatic heterocycles. The molecule has 0 heterocycles. The quantitative estimate of drug-likeness (QED) is 0.670. The summed E-state index contributed by atoms with van der Waals surface area (Å²) in [7, 11) is 2.00. The number of aryl methyl sites for hydroxylation is 2. The maximum absolute atomic E-state index is 7.00. The van der Waals surface area contributed by atoms with Crippen LogP contribution in [0.1, 0.15) is 22.3 Å². The van der Waals surface area contributed by atoms with Crippen LogP contribution in [0.25, 0.3) is 0 Å². The summed E-state index contributed by atoms with van der Waals surface area (Å²) >= 11 is 0. The highest BCUT2D eigenvalue weighted by atomic mass is 16.2. The van der Waals surface area contributed by atoms with Crippen molar-refractivity contribution in [2.45, 2.75) is 27.7 Å². The molecule has 2 heteroatoms. The van der Waals surface area contributed by atoms with Gasteiger partial charge in [-0.3, -0.25) is 0 Å². The molecule has 82 valence electrons. The van der Waals surface area contributed by atoms with Crippen LogP contribution in [0, 0.1) is 27.7 Å². The molecule has 1 aromatic rings. The Morgan fingerprint density at radius 1 is 0.643 bits per heavy atom. The summed E-state index contributed by atoms with van der Waals surface area (Å²) in [5.74, 6) is 0. The minimum Gasteiger partial charge on any atom is -0.400 e. The van der Waals surface area contributed by atoms with Gasteiger partial charge in [0.2, 0.25) is 0 Å². The average molecular weight is 198 g/mol. The summed E-state index contributed by atoms with van der Waals surface area (Å²) in [4.78, 5) is 0. The van der Waals surface area contributed by atoms with Crippen molar-refractivity contribution in [3.05, 3.63) is 34.4 Å². The maximum atomic E-state index is 7.00. The van der Waals surface area contributed by atoms with Crippen LogP contribution < -0.4 is 0 Å². The molecule has 2 nitrogen and oxygen atoms in total. The first-order valence-electron chi connectivity index (χ1n) is 4.56. The van der Waals surface area contributed by atoms with Crippen LogP contribution in [0.2, 0.25) is 0 Å². The summed E-state index contributed by atoms with van der Waals surface area (Å²) in [6, 6.07) is 4.36. The first-order chi connectivity index (χ1) is 6.63. The lowest BCUT2D eigenvalue weighted by Gasteiger charge is -2.06. The molecule has 0 aliphatic rings. The third kappa shape index (κ3) is 4.40. The van der Waals surface area contributed by atoms with Crippen molar-refractivity contribution in [1.29, 1.82) is 0 Å². The Hall–Kier alpha value is -0.860. The monoisotopic (exact) mass is 198 g/mol. The lowest BCUT2D eigenvalue weighted by atomic mass is 10.0. The van der Waals surface area contributed by atoms with E-state index < -0.39 is 0 Å². The van der Waals surface area contributed by atoms with Gasteiger partial charge < -0.3 is 10.2 Å². The third-order valence-corrected chi connectivity index (χ3v) is 2.33. The molecule has 0 unspecified atom stereocenters. The second kappa shape index (κ2) is 8.73. The van der Waals surface area contributed by atoms with E-state index in [1.54, 1.807) is 0 Å². The molecule has 0 saturated heterocycles. The molecule has 1 aromatic carbocycles. The molecule has 0 fully saturated rings. The van der Waals surface area contributed by atoms with Crippen LogP contribution in [0.3, 0.4) is 0 Å². The van der Waals surface area contributed by atoms with E-state index >= 15 is 0 Å². The van der Waals surface area contributed by atoms with Gasteiger partial charge in [-0.15, -0.1) is 0 Å². The van der Waals surface area contributed by atoms with Gasteiger partial charge in [-0.25, -0.2) is 0 Å². The fraction of sp³-hybridized carbons (Fsp3) is 0.500. The molecule has 0 saturated carbocycles. The first-order valence-corrected chi connectivity index (χ1v) is 4.56. The van der Waals surface area contributed by atoms with Crippen molar-refractivity contribution >= 4 is 0 Å². The third-order valence-electron chi connectivity index (χ3n) is 2.33. The van der Waals surface area contributed by atoms with E-state index in [9.17, 15) is 0 Å². The normalized spacial score (nSPS) is 8.00. The van der Waals surface area contributed by atoms with E-state index in [2.05, 4.69) is 39.8 Å².